The highest BCUT2D eigenvalue weighted by Gasteiger charge is 2.28. The van der Waals surface area contributed by atoms with Crippen molar-refractivity contribution < 1.29 is 14.3 Å². The second-order valence-electron chi connectivity index (χ2n) is 8.18. The molecule has 2 aromatic carbocycles. The first-order valence-electron chi connectivity index (χ1n) is 11.0. The predicted molar refractivity (Wildman–Crippen MR) is 123 cm³/mol. The maximum absolute atomic E-state index is 12.2. The van der Waals surface area contributed by atoms with Crippen LogP contribution >= 0.6 is 0 Å². The Labute approximate surface area is 183 Å². The fourth-order valence-electron chi connectivity index (χ4n) is 4.73. The van der Waals surface area contributed by atoms with Gasteiger partial charge in [-0.25, -0.2) is 4.79 Å². The summed E-state index contributed by atoms with van der Waals surface area (Å²) in [6.07, 6.45) is 3.46. The van der Waals surface area contributed by atoms with Gasteiger partial charge < -0.3 is 25.1 Å². The summed E-state index contributed by atoms with van der Waals surface area (Å²) in [5.41, 5.74) is 10.8. The van der Waals surface area contributed by atoms with Crippen molar-refractivity contribution in [2.24, 2.45) is 0 Å². The number of fused-ring (bicyclic) bond motifs is 1. The minimum absolute atomic E-state index is 0.139. The van der Waals surface area contributed by atoms with Crippen LogP contribution in [0.25, 0.3) is 10.9 Å². The molecule has 1 amide bonds. The Hall–Kier alpha value is -3.15. The number of rotatable bonds is 6. The topological polar surface area (TPSA) is 78.5 Å². The molecule has 3 N–H and O–H groups in total. The van der Waals surface area contributed by atoms with Gasteiger partial charge in [0, 0.05) is 35.7 Å². The Morgan fingerprint density at radius 2 is 1.87 bits per heavy atom. The first kappa shape index (κ1) is 21.1. The third-order valence-electron chi connectivity index (χ3n) is 6.32. The first-order valence-corrected chi connectivity index (χ1v) is 11.0. The molecule has 1 aliphatic carbocycles. The first-order chi connectivity index (χ1) is 15.1. The molecule has 164 valence electrons. The second-order valence-corrected chi connectivity index (χ2v) is 8.18. The molecule has 1 saturated carbocycles. The summed E-state index contributed by atoms with van der Waals surface area (Å²) >= 11 is 0. The standard InChI is InChI=1S/C25H31N3O3/c1-3-28-22-15-20(30-2)13-14-21(22)23(26)24(28)18-9-11-19(12-10-18)27-25(29)31-16-17-7-5-4-6-8-17/h4-8,13-15,18-19H,3,9-12,16,26H2,1-2H3,(H,27,29). The van der Waals surface area contributed by atoms with Crippen molar-refractivity contribution in [3.63, 3.8) is 0 Å². The van der Waals surface area contributed by atoms with E-state index < -0.39 is 0 Å². The zero-order valence-corrected chi connectivity index (χ0v) is 18.3. The molecule has 0 unspecified atom stereocenters. The maximum Gasteiger partial charge on any atom is 0.407 e. The molecule has 6 heteroatoms. The Morgan fingerprint density at radius 1 is 1.13 bits per heavy atom. The number of hydrogen-bond acceptors (Lipinski definition) is 4. The lowest BCUT2D eigenvalue weighted by Crippen LogP contribution is -2.37. The lowest BCUT2D eigenvalue weighted by atomic mass is 9.83. The number of carbonyl (C=O) groups excluding carboxylic acids is 1. The van der Waals surface area contributed by atoms with Gasteiger partial charge in [0.1, 0.15) is 12.4 Å². The number of nitrogens with zero attached hydrogens (tertiary/aromatic N) is 1. The molecule has 3 aromatic rings. The summed E-state index contributed by atoms with van der Waals surface area (Å²) in [6, 6.07) is 15.9. The van der Waals surface area contributed by atoms with Crippen LogP contribution < -0.4 is 15.8 Å². The van der Waals surface area contributed by atoms with Crippen LogP contribution in [-0.2, 0) is 17.9 Å². The van der Waals surface area contributed by atoms with E-state index >= 15 is 0 Å². The van der Waals surface area contributed by atoms with Crippen molar-refractivity contribution in [2.75, 3.05) is 12.8 Å². The number of amides is 1. The SMILES string of the molecule is CCn1c(C2CCC(NC(=O)OCc3ccccc3)CC2)c(N)c2ccc(OC)cc21. The van der Waals surface area contributed by atoms with Gasteiger partial charge in [0.2, 0.25) is 0 Å². The normalized spacial score (nSPS) is 18.6. The number of nitrogen functional groups attached to an aromatic ring is 1. The van der Waals surface area contributed by atoms with Crippen LogP contribution in [0.3, 0.4) is 0 Å². The van der Waals surface area contributed by atoms with Crippen LogP contribution in [0.1, 0.15) is 49.8 Å². The minimum atomic E-state index is -0.346. The zero-order chi connectivity index (χ0) is 21.8. The number of alkyl carbamates (subject to hydrolysis) is 1. The highest BCUT2D eigenvalue weighted by molar-refractivity contribution is 5.95. The molecule has 31 heavy (non-hydrogen) atoms. The van der Waals surface area contributed by atoms with E-state index in [4.69, 9.17) is 15.2 Å². The van der Waals surface area contributed by atoms with Crippen LogP contribution in [0.15, 0.2) is 48.5 Å². The summed E-state index contributed by atoms with van der Waals surface area (Å²) in [5, 5.41) is 4.12. The van der Waals surface area contributed by atoms with Gasteiger partial charge in [-0.05, 0) is 50.3 Å². The van der Waals surface area contributed by atoms with Crippen LogP contribution in [0.4, 0.5) is 10.5 Å². The fraction of sp³-hybridized carbons (Fsp3) is 0.400. The summed E-state index contributed by atoms with van der Waals surface area (Å²) < 4.78 is 13.1. The van der Waals surface area contributed by atoms with E-state index in [-0.39, 0.29) is 12.1 Å². The predicted octanol–water partition coefficient (Wildman–Crippen LogP) is 5.20. The van der Waals surface area contributed by atoms with Crippen LogP contribution in [0.2, 0.25) is 0 Å². The fourth-order valence-corrected chi connectivity index (χ4v) is 4.73. The second kappa shape index (κ2) is 9.33. The van der Waals surface area contributed by atoms with E-state index in [2.05, 4.69) is 28.9 Å². The zero-order valence-electron chi connectivity index (χ0n) is 18.3. The Morgan fingerprint density at radius 3 is 2.55 bits per heavy atom. The smallest absolute Gasteiger partial charge is 0.407 e. The summed E-state index contributed by atoms with van der Waals surface area (Å²) in [7, 11) is 1.68. The van der Waals surface area contributed by atoms with Crippen molar-refractivity contribution >= 4 is 22.7 Å². The molecule has 1 aromatic heterocycles. The molecular weight excluding hydrogens is 390 g/mol. The molecule has 1 fully saturated rings. The van der Waals surface area contributed by atoms with Gasteiger partial charge in [-0.15, -0.1) is 0 Å². The van der Waals surface area contributed by atoms with Crippen molar-refractivity contribution in [1.82, 2.24) is 9.88 Å². The van der Waals surface area contributed by atoms with Crippen molar-refractivity contribution in [3.05, 3.63) is 59.8 Å². The van der Waals surface area contributed by atoms with Gasteiger partial charge in [-0.1, -0.05) is 30.3 Å². The van der Waals surface area contributed by atoms with Crippen molar-refractivity contribution in [2.45, 2.75) is 57.7 Å². The number of aromatic nitrogens is 1. The van der Waals surface area contributed by atoms with E-state index in [1.165, 1.54) is 5.69 Å². The van der Waals surface area contributed by atoms with E-state index in [0.717, 1.165) is 60.1 Å². The Balaban J connectivity index is 1.39. The average Bonchev–Trinajstić information content (AvgIpc) is 3.09. The molecule has 0 spiro atoms. The molecule has 6 nitrogen and oxygen atoms in total. The molecule has 0 aliphatic heterocycles. The van der Waals surface area contributed by atoms with Gasteiger partial charge in [-0.2, -0.15) is 0 Å². The van der Waals surface area contributed by atoms with Gasteiger partial charge in [0.15, 0.2) is 0 Å². The summed E-state index contributed by atoms with van der Waals surface area (Å²) in [6.45, 7) is 3.30. The average molecular weight is 422 g/mol. The molecule has 0 atom stereocenters. The number of hydrogen-bond donors (Lipinski definition) is 2. The Kier molecular flexibility index (Phi) is 6.35. The van der Waals surface area contributed by atoms with Gasteiger partial charge >= 0.3 is 6.09 Å². The third-order valence-corrected chi connectivity index (χ3v) is 6.32. The van der Waals surface area contributed by atoms with Gasteiger partial charge in [0.05, 0.1) is 18.3 Å². The number of nitrogens with one attached hydrogen (secondary N) is 1. The Bertz CT molecular complexity index is 1040. The van der Waals surface area contributed by atoms with Crippen LogP contribution in [0.5, 0.6) is 5.75 Å². The summed E-state index contributed by atoms with van der Waals surface area (Å²) in [5.74, 6) is 1.23. The summed E-state index contributed by atoms with van der Waals surface area (Å²) in [4.78, 5) is 12.2. The monoisotopic (exact) mass is 421 g/mol. The van der Waals surface area contributed by atoms with Gasteiger partial charge in [-0.3, -0.25) is 0 Å². The number of methoxy groups -OCH3 is 1. The molecule has 4 rings (SSSR count). The van der Waals surface area contributed by atoms with Gasteiger partial charge in [0.25, 0.3) is 0 Å². The van der Waals surface area contributed by atoms with E-state index in [1.54, 1.807) is 7.11 Å². The molecule has 0 bridgehead atoms. The van der Waals surface area contributed by atoms with E-state index in [9.17, 15) is 4.79 Å². The minimum Gasteiger partial charge on any atom is -0.497 e. The molecule has 1 aliphatic rings. The molecular formula is C25H31N3O3. The maximum atomic E-state index is 12.2. The lowest BCUT2D eigenvalue weighted by molar-refractivity contribution is 0.132. The number of anilines is 1. The number of nitrogens with two attached hydrogens (primary N) is 1. The van der Waals surface area contributed by atoms with E-state index in [1.807, 2.05) is 36.4 Å². The largest absolute Gasteiger partial charge is 0.497 e. The lowest BCUT2D eigenvalue weighted by Gasteiger charge is -2.30. The molecule has 1 heterocycles. The van der Waals surface area contributed by atoms with Crippen LogP contribution in [0, 0.1) is 0 Å². The number of carbonyl (C=O) groups is 1. The van der Waals surface area contributed by atoms with E-state index in [0.29, 0.717) is 12.5 Å². The molecule has 0 radical (unpaired) electrons. The number of ether oxygens (including phenoxy) is 2. The third kappa shape index (κ3) is 4.48. The highest BCUT2D eigenvalue weighted by Crippen LogP contribution is 2.41. The van der Waals surface area contributed by atoms with Crippen molar-refractivity contribution in [1.29, 1.82) is 0 Å². The highest BCUT2D eigenvalue weighted by atomic mass is 16.5. The number of benzene rings is 2. The quantitative estimate of drug-likeness (QED) is 0.573. The van der Waals surface area contributed by atoms with Crippen LogP contribution in [-0.4, -0.2) is 23.8 Å². The molecule has 0 saturated heterocycles. The number of aryl methyl sites for hydroxylation is 1. The van der Waals surface area contributed by atoms with Crippen molar-refractivity contribution in [3.8, 4) is 5.75 Å².